The van der Waals surface area contributed by atoms with Crippen LogP contribution < -0.4 is 9.80 Å². The number of benzene rings is 1. The summed E-state index contributed by atoms with van der Waals surface area (Å²) >= 11 is 3.54. The summed E-state index contributed by atoms with van der Waals surface area (Å²) in [6.07, 6.45) is 2.43. The van der Waals surface area contributed by atoms with E-state index in [1.54, 1.807) is 0 Å². The Morgan fingerprint density at radius 1 is 1.10 bits per heavy atom. The number of hydrogen-bond acceptors (Lipinski definition) is 4. The van der Waals surface area contributed by atoms with Crippen LogP contribution in [0.25, 0.3) is 0 Å². The SMILES string of the molecule is CN1CCN(c2cc(Br)nc(C3CC3)n2)c2ccccc21. The van der Waals surface area contributed by atoms with Crippen LogP contribution in [0.15, 0.2) is 34.9 Å². The molecule has 5 heteroatoms. The first kappa shape index (κ1) is 13.1. The van der Waals surface area contributed by atoms with Gasteiger partial charge in [-0.2, -0.15) is 0 Å². The van der Waals surface area contributed by atoms with E-state index >= 15 is 0 Å². The molecule has 0 bridgehead atoms. The highest BCUT2D eigenvalue weighted by Gasteiger charge is 2.29. The standard InChI is InChI=1S/C16H17BrN4/c1-20-8-9-21(13-5-3-2-4-12(13)20)15-10-14(17)18-16(19-15)11-6-7-11/h2-5,10-11H,6-9H2,1H3. The highest BCUT2D eigenvalue weighted by Crippen LogP contribution is 2.41. The summed E-state index contributed by atoms with van der Waals surface area (Å²) in [6.45, 7) is 1.94. The summed E-state index contributed by atoms with van der Waals surface area (Å²) < 4.78 is 0.880. The summed E-state index contributed by atoms with van der Waals surface area (Å²) in [5, 5.41) is 0. The molecule has 0 saturated heterocycles. The van der Waals surface area contributed by atoms with Crippen molar-refractivity contribution >= 4 is 33.1 Å². The van der Waals surface area contributed by atoms with Gasteiger partial charge in [0.25, 0.3) is 0 Å². The number of rotatable bonds is 2. The average molecular weight is 345 g/mol. The highest BCUT2D eigenvalue weighted by molar-refractivity contribution is 9.10. The Balaban J connectivity index is 1.78. The number of para-hydroxylation sites is 2. The van der Waals surface area contributed by atoms with E-state index in [1.165, 1.54) is 24.2 Å². The maximum Gasteiger partial charge on any atom is 0.137 e. The molecule has 2 aromatic rings. The third-order valence-corrected chi connectivity index (χ3v) is 4.57. The average Bonchev–Trinajstić information content (AvgIpc) is 3.32. The number of nitrogens with zero attached hydrogens (tertiary/aromatic N) is 4. The second kappa shape index (κ2) is 4.98. The van der Waals surface area contributed by atoms with Gasteiger partial charge in [0.1, 0.15) is 16.2 Å². The van der Waals surface area contributed by atoms with Crippen molar-refractivity contribution in [1.29, 1.82) is 0 Å². The lowest BCUT2D eigenvalue weighted by Gasteiger charge is -2.36. The molecule has 1 aromatic heterocycles. The molecule has 1 aliphatic carbocycles. The van der Waals surface area contributed by atoms with Crippen LogP contribution in [0.3, 0.4) is 0 Å². The smallest absolute Gasteiger partial charge is 0.137 e. The van der Waals surface area contributed by atoms with Crippen LogP contribution in [-0.2, 0) is 0 Å². The lowest BCUT2D eigenvalue weighted by atomic mass is 10.1. The summed E-state index contributed by atoms with van der Waals surface area (Å²) in [4.78, 5) is 13.9. The van der Waals surface area contributed by atoms with Crippen molar-refractivity contribution in [1.82, 2.24) is 9.97 Å². The minimum atomic E-state index is 0.559. The van der Waals surface area contributed by atoms with Gasteiger partial charge >= 0.3 is 0 Å². The van der Waals surface area contributed by atoms with Gasteiger partial charge in [-0.15, -0.1) is 0 Å². The molecule has 21 heavy (non-hydrogen) atoms. The molecule has 0 amide bonds. The molecular weight excluding hydrogens is 328 g/mol. The van der Waals surface area contributed by atoms with Gasteiger partial charge < -0.3 is 9.80 Å². The zero-order valence-corrected chi connectivity index (χ0v) is 13.5. The van der Waals surface area contributed by atoms with Gasteiger partial charge in [-0.25, -0.2) is 9.97 Å². The van der Waals surface area contributed by atoms with Crippen LogP contribution in [0.1, 0.15) is 24.6 Å². The van der Waals surface area contributed by atoms with Crippen molar-refractivity contribution in [3.63, 3.8) is 0 Å². The van der Waals surface area contributed by atoms with E-state index in [1.807, 2.05) is 6.07 Å². The molecule has 1 saturated carbocycles. The number of anilines is 3. The second-order valence-electron chi connectivity index (χ2n) is 5.74. The first-order chi connectivity index (χ1) is 10.2. The van der Waals surface area contributed by atoms with Crippen molar-refractivity contribution in [3.05, 3.63) is 40.8 Å². The zero-order valence-electron chi connectivity index (χ0n) is 12.0. The van der Waals surface area contributed by atoms with Crippen molar-refractivity contribution in [2.24, 2.45) is 0 Å². The lowest BCUT2D eigenvalue weighted by Crippen LogP contribution is -2.36. The zero-order chi connectivity index (χ0) is 14.4. The van der Waals surface area contributed by atoms with Crippen molar-refractivity contribution in [2.45, 2.75) is 18.8 Å². The maximum absolute atomic E-state index is 4.81. The van der Waals surface area contributed by atoms with Crippen LogP contribution in [0.5, 0.6) is 0 Å². The van der Waals surface area contributed by atoms with Crippen molar-refractivity contribution in [3.8, 4) is 0 Å². The first-order valence-electron chi connectivity index (χ1n) is 7.34. The molecule has 1 fully saturated rings. The molecule has 0 radical (unpaired) electrons. The van der Waals surface area contributed by atoms with E-state index in [0.717, 1.165) is 29.3 Å². The topological polar surface area (TPSA) is 32.3 Å². The molecular formula is C16H17BrN4. The van der Waals surface area contributed by atoms with Crippen LogP contribution >= 0.6 is 15.9 Å². The predicted molar refractivity (Wildman–Crippen MR) is 88.4 cm³/mol. The molecule has 0 atom stereocenters. The molecule has 0 N–H and O–H groups in total. The molecule has 108 valence electrons. The first-order valence-corrected chi connectivity index (χ1v) is 8.14. The van der Waals surface area contributed by atoms with Crippen LogP contribution in [0.2, 0.25) is 0 Å². The van der Waals surface area contributed by atoms with Gasteiger partial charge in [0.2, 0.25) is 0 Å². The van der Waals surface area contributed by atoms with E-state index in [0.29, 0.717) is 5.92 Å². The monoisotopic (exact) mass is 344 g/mol. The van der Waals surface area contributed by atoms with E-state index in [4.69, 9.17) is 4.98 Å². The Labute approximate surface area is 132 Å². The lowest BCUT2D eigenvalue weighted by molar-refractivity contribution is 0.801. The number of fused-ring (bicyclic) bond motifs is 1. The minimum absolute atomic E-state index is 0.559. The fourth-order valence-corrected chi connectivity index (χ4v) is 3.22. The highest BCUT2D eigenvalue weighted by atomic mass is 79.9. The van der Waals surface area contributed by atoms with E-state index < -0.39 is 0 Å². The van der Waals surface area contributed by atoms with Gasteiger partial charge in [-0.3, -0.25) is 0 Å². The quantitative estimate of drug-likeness (QED) is 0.777. The van der Waals surface area contributed by atoms with Crippen LogP contribution in [0.4, 0.5) is 17.2 Å². The number of hydrogen-bond donors (Lipinski definition) is 0. The van der Waals surface area contributed by atoms with Crippen LogP contribution in [0, 0.1) is 0 Å². The molecule has 2 heterocycles. The molecule has 0 unspecified atom stereocenters. The third kappa shape index (κ3) is 2.39. The van der Waals surface area contributed by atoms with Gasteiger partial charge in [-0.05, 0) is 40.9 Å². The summed E-state index contributed by atoms with van der Waals surface area (Å²) in [5.74, 6) is 2.54. The molecule has 1 aliphatic heterocycles. The van der Waals surface area contributed by atoms with Gasteiger partial charge in [0.15, 0.2) is 0 Å². The van der Waals surface area contributed by atoms with Gasteiger partial charge in [0, 0.05) is 32.1 Å². The molecule has 0 spiro atoms. The Morgan fingerprint density at radius 3 is 2.62 bits per heavy atom. The summed E-state index contributed by atoms with van der Waals surface area (Å²) in [7, 11) is 2.14. The predicted octanol–water partition coefficient (Wildman–Crippen LogP) is 3.70. The second-order valence-corrected chi connectivity index (χ2v) is 6.56. The molecule has 4 nitrogen and oxygen atoms in total. The Kier molecular flexibility index (Phi) is 3.10. The Morgan fingerprint density at radius 2 is 1.86 bits per heavy atom. The summed E-state index contributed by atoms with van der Waals surface area (Å²) in [5.41, 5.74) is 2.48. The molecule has 4 rings (SSSR count). The normalized spacial score (nSPS) is 17.8. The van der Waals surface area contributed by atoms with E-state index in [9.17, 15) is 0 Å². The maximum atomic E-state index is 4.81. The van der Waals surface area contributed by atoms with E-state index in [2.05, 4.69) is 62.0 Å². The largest absolute Gasteiger partial charge is 0.371 e. The number of aromatic nitrogens is 2. The van der Waals surface area contributed by atoms with Crippen LogP contribution in [-0.4, -0.2) is 30.1 Å². The third-order valence-electron chi connectivity index (χ3n) is 4.16. The minimum Gasteiger partial charge on any atom is -0.371 e. The molecule has 1 aromatic carbocycles. The van der Waals surface area contributed by atoms with Crippen molar-refractivity contribution < 1.29 is 0 Å². The Bertz CT molecular complexity index is 684. The van der Waals surface area contributed by atoms with Crippen molar-refractivity contribution in [2.75, 3.05) is 29.9 Å². The van der Waals surface area contributed by atoms with E-state index in [-0.39, 0.29) is 0 Å². The number of halogens is 1. The fraction of sp³-hybridized carbons (Fsp3) is 0.375. The fourth-order valence-electron chi connectivity index (χ4n) is 2.83. The Hall–Kier alpha value is -1.62. The van der Waals surface area contributed by atoms with Gasteiger partial charge in [0.05, 0.1) is 11.4 Å². The number of likely N-dealkylation sites (N-methyl/N-ethyl adjacent to an activating group) is 1. The van der Waals surface area contributed by atoms with Gasteiger partial charge in [-0.1, -0.05) is 12.1 Å². The molecule has 2 aliphatic rings. The summed E-state index contributed by atoms with van der Waals surface area (Å²) in [6, 6.07) is 10.5.